The fourth-order valence-corrected chi connectivity index (χ4v) is 3.46. The lowest BCUT2D eigenvalue weighted by Gasteiger charge is -2.17. The van der Waals surface area contributed by atoms with Crippen molar-refractivity contribution in [3.8, 4) is 11.4 Å². The Morgan fingerprint density at radius 2 is 1.74 bits per heavy atom. The van der Waals surface area contributed by atoms with Crippen LogP contribution in [0.2, 0.25) is 0 Å². The summed E-state index contributed by atoms with van der Waals surface area (Å²) in [6.07, 6.45) is 0. The van der Waals surface area contributed by atoms with Crippen LogP contribution in [0.1, 0.15) is 25.5 Å². The summed E-state index contributed by atoms with van der Waals surface area (Å²) in [4.78, 5) is 12.5. The Morgan fingerprint density at radius 3 is 2.41 bits per heavy atom. The maximum absolute atomic E-state index is 13.0. The third-order valence-corrected chi connectivity index (χ3v) is 5.38. The lowest BCUT2D eigenvalue weighted by atomic mass is 10.1. The number of rotatable bonds is 6. The van der Waals surface area contributed by atoms with Gasteiger partial charge in [-0.15, -0.1) is 10.2 Å². The van der Waals surface area contributed by atoms with Crippen LogP contribution < -0.4 is 5.32 Å². The smallest absolute Gasteiger partial charge is 0.233 e. The van der Waals surface area contributed by atoms with Crippen LogP contribution in [0.15, 0.2) is 59.8 Å². The highest BCUT2D eigenvalue weighted by molar-refractivity contribution is 8.00. The Kier molecular flexibility index (Phi) is 5.91. The predicted molar refractivity (Wildman–Crippen MR) is 105 cm³/mol. The molecule has 0 aliphatic rings. The van der Waals surface area contributed by atoms with Crippen molar-refractivity contribution in [1.29, 1.82) is 0 Å². The molecule has 0 aliphatic carbocycles. The third-order valence-electron chi connectivity index (χ3n) is 4.25. The summed E-state index contributed by atoms with van der Waals surface area (Å²) in [6.45, 7) is 3.70. The molecule has 1 amide bonds. The Morgan fingerprint density at radius 1 is 1.07 bits per heavy atom. The van der Waals surface area contributed by atoms with Crippen LogP contribution in [0.5, 0.6) is 0 Å². The number of amides is 1. The van der Waals surface area contributed by atoms with Crippen molar-refractivity contribution in [2.24, 2.45) is 7.05 Å². The van der Waals surface area contributed by atoms with Crippen molar-refractivity contribution in [3.63, 3.8) is 0 Å². The van der Waals surface area contributed by atoms with Crippen molar-refractivity contribution in [2.45, 2.75) is 30.3 Å². The summed E-state index contributed by atoms with van der Waals surface area (Å²) in [5, 5.41) is 11.7. The molecular formula is C20H21FN4OS. The van der Waals surface area contributed by atoms with Crippen molar-refractivity contribution < 1.29 is 9.18 Å². The van der Waals surface area contributed by atoms with Gasteiger partial charge < -0.3 is 9.88 Å². The summed E-state index contributed by atoms with van der Waals surface area (Å²) in [7, 11) is 1.89. The van der Waals surface area contributed by atoms with Gasteiger partial charge >= 0.3 is 0 Å². The number of carbonyl (C=O) groups is 1. The zero-order valence-corrected chi connectivity index (χ0v) is 16.2. The predicted octanol–water partition coefficient (Wildman–Crippen LogP) is 3.98. The normalized spacial score (nSPS) is 13.2. The van der Waals surface area contributed by atoms with Crippen LogP contribution in [0, 0.1) is 5.82 Å². The van der Waals surface area contributed by atoms with Crippen LogP contribution in [0.25, 0.3) is 11.4 Å². The van der Waals surface area contributed by atoms with E-state index < -0.39 is 0 Å². The number of nitrogens with zero attached hydrogens (tertiary/aromatic N) is 3. The minimum absolute atomic E-state index is 0.110. The average molecular weight is 384 g/mol. The van der Waals surface area contributed by atoms with Gasteiger partial charge in [0.25, 0.3) is 0 Å². The molecule has 1 heterocycles. The fraction of sp³-hybridized carbons (Fsp3) is 0.250. The zero-order chi connectivity index (χ0) is 19.4. The van der Waals surface area contributed by atoms with Crippen molar-refractivity contribution in [1.82, 2.24) is 20.1 Å². The first-order valence-corrected chi connectivity index (χ1v) is 9.51. The van der Waals surface area contributed by atoms with E-state index in [1.54, 1.807) is 12.1 Å². The molecule has 0 spiro atoms. The van der Waals surface area contributed by atoms with Gasteiger partial charge in [0, 0.05) is 12.6 Å². The first kappa shape index (κ1) is 19.1. The van der Waals surface area contributed by atoms with E-state index in [1.807, 2.05) is 55.8 Å². The Hall–Kier alpha value is -2.67. The molecular weight excluding hydrogens is 363 g/mol. The summed E-state index contributed by atoms with van der Waals surface area (Å²) >= 11 is 1.35. The minimum Gasteiger partial charge on any atom is -0.349 e. The van der Waals surface area contributed by atoms with Gasteiger partial charge in [-0.1, -0.05) is 54.2 Å². The Balaban J connectivity index is 1.65. The molecule has 3 rings (SSSR count). The molecule has 0 aliphatic heterocycles. The molecule has 5 nitrogen and oxygen atoms in total. The summed E-state index contributed by atoms with van der Waals surface area (Å²) in [6, 6.07) is 15.7. The summed E-state index contributed by atoms with van der Waals surface area (Å²) < 4.78 is 14.9. The molecule has 0 fully saturated rings. The van der Waals surface area contributed by atoms with Crippen molar-refractivity contribution in [2.75, 3.05) is 0 Å². The molecule has 0 bridgehead atoms. The van der Waals surface area contributed by atoms with E-state index in [9.17, 15) is 9.18 Å². The molecule has 2 aromatic carbocycles. The molecule has 3 aromatic rings. The molecule has 2 atom stereocenters. The van der Waals surface area contributed by atoms with Gasteiger partial charge in [-0.3, -0.25) is 4.79 Å². The van der Waals surface area contributed by atoms with Crippen LogP contribution in [-0.2, 0) is 11.8 Å². The molecule has 0 saturated heterocycles. The highest BCUT2D eigenvalue weighted by atomic mass is 32.2. The highest BCUT2D eigenvalue weighted by Crippen LogP contribution is 2.26. The number of halogens is 1. The molecule has 1 aromatic heterocycles. The quantitative estimate of drug-likeness (QED) is 0.653. The summed E-state index contributed by atoms with van der Waals surface area (Å²) in [5.74, 6) is 0.351. The minimum atomic E-state index is -0.348. The number of thioether (sulfide) groups is 1. The van der Waals surface area contributed by atoms with Gasteiger partial charge in [-0.25, -0.2) is 4.39 Å². The fourth-order valence-electron chi connectivity index (χ4n) is 2.63. The second-order valence-corrected chi connectivity index (χ2v) is 7.58. The number of carbonyl (C=O) groups excluding carboxylic acids is 1. The van der Waals surface area contributed by atoms with Crippen molar-refractivity contribution in [3.05, 3.63) is 66.0 Å². The monoisotopic (exact) mass is 384 g/mol. The van der Waals surface area contributed by atoms with Crippen molar-refractivity contribution >= 4 is 17.7 Å². The molecule has 0 unspecified atom stereocenters. The molecule has 7 heteroatoms. The molecule has 0 radical (unpaired) electrons. The first-order chi connectivity index (χ1) is 13.0. The second kappa shape index (κ2) is 8.35. The lowest BCUT2D eigenvalue weighted by molar-refractivity contribution is -0.120. The third kappa shape index (κ3) is 4.54. The molecule has 0 saturated carbocycles. The standard InChI is InChI=1S/C20H21FN4OS/c1-13(15-9-11-17(21)12-10-15)22-19(26)14(2)27-20-24-23-18(25(20)3)16-7-5-4-6-8-16/h4-14H,1-3H3,(H,22,26)/t13-,14-/m1/s1. The van der Waals surface area contributed by atoms with Gasteiger partial charge in [0.1, 0.15) is 5.82 Å². The number of aromatic nitrogens is 3. The van der Waals surface area contributed by atoms with Gasteiger partial charge in [0.15, 0.2) is 11.0 Å². The van der Waals surface area contributed by atoms with Crippen LogP contribution >= 0.6 is 11.8 Å². The van der Waals surface area contributed by atoms with Gasteiger partial charge in [0.2, 0.25) is 5.91 Å². The second-order valence-electron chi connectivity index (χ2n) is 6.27. The van der Waals surface area contributed by atoms with Gasteiger partial charge in [0.05, 0.1) is 11.3 Å². The van der Waals surface area contributed by atoms with Gasteiger partial charge in [-0.2, -0.15) is 0 Å². The van der Waals surface area contributed by atoms with Crippen LogP contribution in [0.4, 0.5) is 4.39 Å². The molecule has 27 heavy (non-hydrogen) atoms. The van der Waals surface area contributed by atoms with Crippen LogP contribution in [-0.4, -0.2) is 25.9 Å². The molecule has 140 valence electrons. The maximum atomic E-state index is 13.0. The Bertz CT molecular complexity index is 911. The van der Waals surface area contributed by atoms with E-state index in [0.29, 0.717) is 5.16 Å². The number of nitrogens with one attached hydrogen (secondary N) is 1. The number of hydrogen-bond acceptors (Lipinski definition) is 4. The SMILES string of the molecule is C[C@@H](Sc1nnc(-c2ccccc2)n1C)C(=O)N[C@H](C)c1ccc(F)cc1. The number of benzene rings is 2. The maximum Gasteiger partial charge on any atom is 0.233 e. The highest BCUT2D eigenvalue weighted by Gasteiger charge is 2.21. The van der Waals surface area contributed by atoms with E-state index in [-0.39, 0.29) is 23.0 Å². The van der Waals surface area contributed by atoms with E-state index >= 15 is 0 Å². The van der Waals surface area contributed by atoms with E-state index in [0.717, 1.165) is 17.0 Å². The van der Waals surface area contributed by atoms with E-state index in [4.69, 9.17) is 0 Å². The zero-order valence-electron chi connectivity index (χ0n) is 15.4. The Labute approximate surface area is 162 Å². The van der Waals surface area contributed by atoms with E-state index in [1.165, 1.54) is 23.9 Å². The topological polar surface area (TPSA) is 59.8 Å². The lowest BCUT2D eigenvalue weighted by Crippen LogP contribution is -2.33. The average Bonchev–Trinajstić information content (AvgIpc) is 3.03. The number of hydrogen-bond donors (Lipinski definition) is 1. The summed E-state index contributed by atoms with van der Waals surface area (Å²) in [5.41, 5.74) is 1.83. The first-order valence-electron chi connectivity index (χ1n) is 8.63. The van der Waals surface area contributed by atoms with E-state index in [2.05, 4.69) is 15.5 Å². The largest absolute Gasteiger partial charge is 0.349 e. The van der Waals surface area contributed by atoms with Crippen LogP contribution in [0.3, 0.4) is 0 Å². The molecule has 1 N–H and O–H groups in total. The van der Waals surface area contributed by atoms with Gasteiger partial charge in [-0.05, 0) is 31.5 Å².